The third-order valence-corrected chi connectivity index (χ3v) is 4.27. The summed E-state index contributed by atoms with van der Waals surface area (Å²) >= 11 is 0. The molecule has 0 unspecified atom stereocenters. The van der Waals surface area contributed by atoms with Crippen LogP contribution in [-0.4, -0.2) is 26.1 Å². The van der Waals surface area contributed by atoms with Crippen molar-refractivity contribution < 1.29 is 27.4 Å². The lowest BCUT2D eigenvalue weighted by molar-refractivity contribution is 0.0691. The van der Waals surface area contributed by atoms with Crippen molar-refractivity contribution in [1.82, 2.24) is 0 Å². The zero-order valence-corrected chi connectivity index (χ0v) is 12.9. The van der Waals surface area contributed by atoms with E-state index in [4.69, 9.17) is 9.84 Å². The van der Waals surface area contributed by atoms with E-state index in [2.05, 4.69) is 4.72 Å². The summed E-state index contributed by atoms with van der Waals surface area (Å²) in [6.07, 6.45) is 0. The smallest absolute Gasteiger partial charge is 0.338 e. The van der Waals surface area contributed by atoms with Gasteiger partial charge in [0.05, 0.1) is 22.8 Å². The first-order chi connectivity index (χ1) is 10.8. The summed E-state index contributed by atoms with van der Waals surface area (Å²) in [4.78, 5) is 10.6. The maximum absolute atomic E-state index is 13.4. The van der Waals surface area contributed by atoms with Gasteiger partial charge in [0.15, 0.2) is 0 Å². The predicted molar refractivity (Wildman–Crippen MR) is 81.8 cm³/mol. The van der Waals surface area contributed by atoms with E-state index < -0.39 is 27.4 Å². The summed E-state index contributed by atoms with van der Waals surface area (Å²) in [6, 6.07) is 8.96. The number of carbonyl (C=O) groups is 1. The van der Waals surface area contributed by atoms with Crippen molar-refractivity contribution in [3.63, 3.8) is 0 Å². The molecule has 6 nitrogen and oxygen atoms in total. The summed E-state index contributed by atoms with van der Waals surface area (Å²) in [6.45, 7) is 2.10. The molecule has 0 aliphatic heterocycles. The van der Waals surface area contributed by atoms with E-state index in [1.54, 1.807) is 25.1 Å². The van der Waals surface area contributed by atoms with Crippen molar-refractivity contribution >= 4 is 21.7 Å². The standard InChI is InChI=1S/C15H14FNO5S/c1-2-22-14-6-4-3-5-13(14)17-23(20,21)10-7-8-12(16)11(9-10)15(18)19/h3-9,17H,2H2,1H3,(H,18,19). The van der Waals surface area contributed by atoms with Crippen LogP contribution in [0.4, 0.5) is 10.1 Å². The second-order valence-electron chi connectivity index (χ2n) is 4.48. The molecule has 0 amide bonds. The van der Waals surface area contributed by atoms with E-state index >= 15 is 0 Å². The van der Waals surface area contributed by atoms with Gasteiger partial charge >= 0.3 is 5.97 Å². The number of hydrogen-bond acceptors (Lipinski definition) is 4. The van der Waals surface area contributed by atoms with Crippen molar-refractivity contribution in [1.29, 1.82) is 0 Å². The first-order valence-electron chi connectivity index (χ1n) is 6.62. The van der Waals surface area contributed by atoms with Crippen LogP contribution in [0, 0.1) is 5.82 Å². The van der Waals surface area contributed by atoms with Crippen molar-refractivity contribution in [3.05, 3.63) is 53.8 Å². The topological polar surface area (TPSA) is 92.7 Å². The summed E-state index contributed by atoms with van der Waals surface area (Å²) in [5, 5.41) is 8.88. The molecule has 0 aromatic heterocycles. The highest BCUT2D eigenvalue weighted by molar-refractivity contribution is 7.92. The van der Waals surface area contributed by atoms with Crippen LogP contribution in [0.1, 0.15) is 17.3 Å². The maximum atomic E-state index is 13.4. The molecule has 0 radical (unpaired) electrons. The van der Waals surface area contributed by atoms with Crippen molar-refractivity contribution in [2.45, 2.75) is 11.8 Å². The van der Waals surface area contributed by atoms with E-state index in [-0.39, 0.29) is 10.6 Å². The monoisotopic (exact) mass is 339 g/mol. The molecule has 2 aromatic carbocycles. The number of sulfonamides is 1. The third-order valence-electron chi connectivity index (χ3n) is 2.91. The van der Waals surface area contributed by atoms with Gasteiger partial charge in [-0.2, -0.15) is 0 Å². The van der Waals surface area contributed by atoms with Crippen LogP contribution < -0.4 is 9.46 Å². The highest BCUT2D eigenvalue weighted by Gasteiger charge is 2.20. The van der Waals surface area contributed by atoms with Gasteiger partial charge in [-0.25, -0.2) is 17.6 Å². The fourth-order valence-corrected chi connectivity index (χ4v) is 2.97. The number of anilines is 1. The molecule has 2 N–H and O–H groups in total. The molecule has 0 saturated heterocycles. The Kier molecular flexibility index (Phi) is 4.85. The van der Waals surface area contributed by atoms with Crippen LogP contribution in [0.3, 0.4) is 0 Å². The molecule has 0 spiro atoms. The zero-order chi connectivity index (χ0) is 17.0. The highest BCUT2D eigenvalue weighted by atomic mass is 32.2. The molecule has 23 heavy (non-hydrogen) atoms. The highest BCUT2D eigenvalue weighted by Crippen LogP contribution is 2.27. The lowest BCUT2D eigenvalue weighted by atomic mass is 10.2. The quantitative estimate of drug-likeness (QED) is 0.844. The molecule has 0 aliphatic carbocycles. The van der Waals surface area contributed by atoms with Crippen LogP contribution >= 0.6 is 0 Å². The van der Waals surface area contributed by atoms with E-state index in [0.29, 0.717) is 12.4 Å². The van der Waals surface area contributed by atoms with Crippen LogP contribution in [-0.2, 0) is 10.0 Å². The van der Waals surface area contributed by atoms with Gasteiger partial charge in [-0.05, 0) is 37.3 Å². The van der Waals surface area contributed by atoms with Crippen LogP contribution in [0.2, 0.25) is 0 Å². The van der Waals surface area contributed by atoms with Gasteiger partial charge in [0.1, 0.15) is 11.6 Å². The van der Waals surface area contributed by atoms with E-state index in [1.807, 2.05) is 0 Å². The van der Waals surface area contributed by atoms with Crippen LogP contribution in [0.25, 0.3) is 0 Å². The first-order valence-corrected chi connectivity index (χ1v) is 8.11. The molecule has 0 bridgehead atoms. The summed E-state index contributed by atoms with van der Waals surface area (Å²) in [7, 11) is -4.09. The third kappa shape index (κ3) is 3.78. The summed E-state index contributed by atoms with van der Waals surface area (Å²) in [5.74, 6) is -2.22. The van der Waals surface area contributed by atoms with Gasteiger partial charge in [-0.15, -0.1) is 0 Å². The molecule has 0 atom stereocenters. The van der Waals surface area contributed by atoms with Gasteiger partial charge in [0.2, 0.25) is 0 Å². The number of ether oxygens (including phenoxy) is 1. The van der Waals surface area contributed by atoms with Gasteiger partial charge in [-0.3, -0.25) is 4.72 Å². The second-order valence-corrected chi connectivity index (χ2v) is 6.16. The number of carboxylic acid groups (broad SMARTS) is 1. The second kappa shape index (κ2) is 6.66. The minimum absolute atomic E-state index is 0.204. The van der Waals surface area contributed by atoms with Gasteiger partial charge in [0, 0.05) is 0 Å². The number of halogens is 1. The van der Waals surface area contributed by atoms with Crippen LogP contribution in [0.15, 0.2) is 47.4 Å². The predicted octanol–water partition coefficient (Wildman–Crippen LogP) is 2.72. The first kappa shape index (κ1) is 16.8. The van der Waals surface area contributed by atoms with Gasteiger partial charge < -0.3 is 9.84 Å². The van der Waals surface area contributed by atoms with E-state index in [9.17, 15) is 17.6 Å². The van der Waals surface area contributed by atoms with Crippen LogP contribution in [0.5, 0.6) is 5.75 Å². The molecule has 0 fully saturated rings. The Morgan fingerprint density at radius 3 is 2.61 bits per heavy atom. The largest absolute Gasteiger partial charge is 0.492 e. The molecule has 2 aromatic rings. The SMILES string of the molecule is CCOc1ccccc1NS(=O)(=O)c1ccc(F)c(C(=O)O)c1. The maximum Gasteiger partial charge on any atom is 0.338 e. The van der Waals surface area contributed by atoms with Gasteiger partial charge in [-0.1, -0.05) is 12.1 Å². The fraction of sp³-hybridized carbons (Fsp3) is 0.133. The Labute approximate surface area is 132 Å². The summed E-state index contributed by atoms with van der Waals surface area (Å²) < 4.78 is 45.7. The number of nitrogens with one attached hydrogen (secondary N) is 1. The molecule has 0 aliphatic rings. The average molecular weight is 339 g/mol. The fourth-order valence-electron chi connectivity index (χ4n) is 1.87. The Hall–Kier alpha value is -2.61. The molecule has 2 rings (SSSR count). The van der Waals surface area contributed by atoms with Crippen molar-refractivity contribution in [2.75, 3.05) is 11.3 Å². The normalized spacial score (nSPS) is 11.0. The molecular weight excluding hydrogens is 325 g/mol. The minimum atomic E-state index is -4.09. The molecular formula is C15H14FNO5S. The molecule has 8 heteroatoms. The number of rotatable bonds is 6. The Balaban J connectivity index is 2.40. The minimum Gasteiger partial charge on any atom is -0.492 e. The lowest BCUT2D eigenvalue weighted by Crippen LogP contribution is -2.15. The van der Waals surface area contributed by atoms with E-state index in [1.165, 1.54) is 6.07 Å². The number of benzene rings is 2. The molecule has 0 heterocycles. The number of hydrogen-bond donors (Lipinski definition) is 2. The molecule has 0 saturated carbocycles. The Morgan fingerprint density at radius 1 is 1.26 bits per heavy atom. The van der Waals surface area contributed by atoms with Crippen molar-refractivity contribution in [2.24, 2.45) is 0 Å². The van der Waals surface area contributed by atoms with Gasteiger partial charge in [0.25, 0.3) is 10.0 Å². The number of aromatic carboxylic acids is 1. The average Bonchev–Trinajstić information content (AvgIpc) is 2.49. The Morgan fingerprint density at radius 2 is 1.96 bits per heavy atom. The van der Waals surface area contributed by atoms with E-state index in [0.717, 1.165) is 18.2 Å². The lowest BCUT2D eigenvalue weighted by Gasteiger charge is -2.13. The number of para-hydroxylation sites is 2. The summed E-state index contributed by atoms with van der Waals surface area (Å²) in [5.41, 5.74) is -0.512. The molecule has 122 valence electrons. The number of carboxylic acids is 1. The zero-order valence-electron chi connectivity index (χ0n) is 12.1. The van der Waals surface area contributed by atoms with Crippen molar-refractivity contribution in [3.8, 4) is 5.75 Å². The Bertz CT molecular complexity index is 836.